The van der Waals surface area contributed by atoms with E-state index in [0.717, 1.165) is 5.56 Å². The lowest BCUT2D eigenvalue weighted by atomic mass is 10.1. The van der Waals surface area contributed by atoms with Gasteiger partial charge < -0.3 is 5.11 Å². The molecular weight excluding hydrogens is 336 g/mol. The first kappa shape index (κ1) is 16.8. The minimum absolute atomic E-state index is 0.0982. The molecule has 4 nitrogen and oxygen atoms in total. The minimum Gasteiger partial charge on any atom is -0.508 e. The van der Waals surface area contributed by atoms with Crippen molar-refractivity contribution in [1.29, 1.82) is 0 Å². The number of fused-ring (bicyclic) bond motifs is 1. The van der Waals surface area contributed by atoms with Crippen molar-refractivity contribution < 1.29 is 5.11 Å². The molecule has 0 saturated carbocycles. The molecule has 0 saturated heterocycles. The van der Waals surface area contributed by atoms with Crippen molar-refractivity contribution in [2.75, 3.05) is 0 Å². The maximum atomic E-state index is 13.1. The van der Waals surface area contributed by atoms with Crippen molar-refractivity contribution in [1.82, 2.24) is 9.55 Å². The predicted octanol–water partition coefficient (Wildman–Crippen LogP) is 4.57. The van der Waals surface area contributed by atoms with E-state index in [0.29, 0.717) is 22.4 Å². The molecule has 0 fully saturated rings. The molecule has 4 heteroatoms. The second kappa shape index (κ2) is 6.92. The van der Waals surface area contributed by atoms with Gasteiger partial charge in [0.1, 0.15) is 11.6 Å². The summed E-state index contributed by atoms with van der Waals surface area (Å²) in [6, 6.07) is 22.0. The topological polar surface area (TPSA) is 55.1 Å². The predicted molar refractivity (Wildman–Crippen MR) is 109 cm³/mol. The maximum absolute atomic E-state index is 13.1. The zero-order chi connectivity index (χ0) is 18.8. The Morgan fingerprint density at radius 1 is 0.926 bits per heavy atom. The molecule has 27 heavy (non-hydrogen) atoms. The molecule has 1 aromatic heterocycles. The van der Waals surface area contributed by atoms with Gasteiger partial charge in [-0.15, -0.1) is 0 Å². The molecule has 0 bridgehead atoms. The van der Waals surface area contributed by atoms with Crippen LogP contribution in [0.5, 0.6) is 5.75 Å². The van der Waals surface area contributed by atoms with E-state index in [4.69, 9.17) is 0 Å². The quantitative estimate of drug-likeness (QED) is 0.586. The standard InChI is InChI=1S/C23H18N2O2/c1-16-9-11-17(12-10-16)13-14-22-24-21-8-3-2-7-20(21)23(27)25(22)18-5-4-6-19(26)15-18/h2-15,26H,1H3/b14-13+. The first-order valence-electron chi connectivity index (χ1n) is 8.68. The Morgan fingerprint density at radius 2 is 1.70 bits per heavy atom. The highest BCUT2D eigenvalue weighted by Gasteiger charge is 2.11. The summed E-state index contributed by atoms with van der Waals surface area (Å²) >= 11 is 0. The Bertz CT molecular complexity index is 1210. The summed E-state index contributed by atoms with van der Waals surface area (Å²) in [6.07, 6.45) is 3.75. The summed E-state index contributed by atoms with van der Waals surface area (Å²) in [6.45, 7) is 2.04. The van der Waals surface area contributed by atoms with Gasteiger partial charge in [0.25, 0.3) is 5.56 Å². The number of para-hydroxylation sites is 1. The first-order chi connectivity index (χ1) is 13.1. The maximum Gasteiger partial charge on any atom is 0.266 e. The fourth-order valence-corrected chi connectivity index (χ4v) is 2.99. The first-order valence-corrected chi connectivity index (χ1v) is 8.68. The summed E-state index contributed by atoms with van der Waals surface area (Å²) in [7, 11) is 0. The molecule has 0 radical (unpaired) electrons. The summed E-state index contributed by atoms with van der Waals surface area (Å²) in [5.41, 5.74) is 3.25. The zero-order valence-corrected chi connectivity index (χ0v) is 14.8. The van der Waals surface area contributed by atoms with E-state index < -0.39 is 0 Å². The van der Waals surface area contributed by atoms with E-state index in [1.807, 2.05) is 61.5 Å². The molecule has 132 valence electrons. The van der Waals surface area contributed by atoms with Gasteiger partial charge in [0.2, 0.25) is 0 Å². The molecule has 4 aromatic rings. The molecule has 0 unspecified atom stereocenters. The lowest BCUT2D eigenvalue weighted by Crippen LogP contribution is -2.22. The molecule has 0 amide bonds. The van der Waals surface area contributed by atoms with Crippen LogP contribution in [0.1, 0.15) is 17.0 Å². The van der Waals surface area contributed by atoms with Crippen molar-refractivity contribution in [2.45, 2.75) is 6.92 Å². The van der Waals surface area contributed by atoms with Gasteiger partial charge in [0.05, 0.1) is 16.6 Å². The highest BCUT2D eigenvalue weighted by Crippen LogP contribution is 2.18. The number of aryl methyl sites for hydroxylation is 1. The van der Waals surface area contributed by atoms with Gasteiger partial charge in [-0.05, 0) is 42.8 Å². The second-order valence-electron chi connectivity index (χ2n) is 6.39. The van der Waals surface area contributed by atoms with Crippen molar-refractivity contribution in [3.63, 3.8) is 0 Å². The lowest BCUT2D eigenvalue weighted by Gasteiger charge is -2.11. The van der Waals surface area contributed by atoms with Gasteiger partial charge >= 0.3 is 0 Å². The third-order valence-corrected chi connectivity index (χ3v) is 4.39. The van der Waals surface area contributed by atoms with Crippen LogP contribution in [0.15, 0.2) is 77.6 Å². The molecule has 0 spiro atoms. The van der Waals surface area contributed by atoms with Crippen molar-refractivity contribution >= 4 is 23.1 Å². The SMILES string of the molecule is Cc1ccc(/C=C/c2nc3ccccc3c(=O)n2-c2cccc(O)c2)cc1. The Labute approximate surface area is 156 Å². The molecule has 1 N–H and O–H groups in total. The van der Waals surface area contributed by atoms with Crippen LogP contribution in [0, 0.1) is 6.92 Å². The van der Waals surface area contributed by atoms with Gasteiger partial charge in [-0.3, -0.25) is 9.36 Å². The minimum atomic E-state index is -0.172. The average Bonchev–Trinajstić information content (AvgIpc) is 2.68. The Balaban J connectivity index is 1.93. The number of benzene rings is 3. The van der Waals surface area contributed by atoms with Crippen LogP contribution in [-0.4, -0.2) is 14.7 Å². The summed E-state index contributed by atoms with van der Waals surface area (Å²) in [4.78, 5) is 17.8. The largest absolute Gasteiger partial charge is 0.508 e. The summed E-state index contributed by atoms with van der Waals surface area (Å²) in [5.74, 6) is 0.603. The van der Waals surface area contributed by atoms with Crippen LogP contribution >= 0.6 is 0 Å². The monoisotopic (exact) mass is 354 g/mol. The third kappa shape index (κ3) is 3.37. The van der Waals surface area contributed by atoms with Gasteiger partial charge in [0, 0.05) is 6.07 Å². The number of phenolic OH excluding ortho intramolecular Hbond substituents is 1. The number of hydrogen-bond acceptors (Lipinski definition) is 3. The zero-order valence-electron chi connectivity index (χ0n) is 14.8. The number of phenols is 1. The van der Waals surface area contributed by atoms with E-state index in [1.54, 1.807) is 30.3 Å². The fourth-order valence-electron chi connectivity index (χ4n) is 2.99. The smallest absolute Gasteiger partial charge is 0.266 e. The Kier molecular flexibility index (Phi) is 4.30. The van der Waals surface area contributed by atoms with Crippen LogP contribution in [0.2, 0.25) is 0 Å². The molecule has 0 aliphatic rings. The van der Waals surface area contributed by atoms with Crippen LogP contribution in [0.3, 0.4) is 0 Å². The number of aromatic nitrogens is 2. The number of rotatable bonds is 3. The van der Waals surface area contributed by atoms with Crippen LogP contribution in [0.4, 0.5) is 0 Å². The van der Waals surface area contributed by atoms with Gasteiger partial charge in [-0.1, -0.05) is 54.1 Å². The molecule has 3 aromatic carbocycles. The van der Waals surface area contributed by atoms with Crippen molar-refractivity contribution in [2.24, 2.45) is 0 Å². The second-order valence-corrected chi connectivity index (χ2v) is 6.39. The van der Waals surface area contributed by atoms with Crippen LogP contribution in [-0.2, 0) is 0 Å². The van der Waals surface area contributed by atoms with E-state index in [2.05, 4.69) is 4.98 Å². The van der Waals surface area contributed by atoms with Gasteiger partial charge in [-0.2, -0.15) is 0 Å². The Morgan fingerprint density at radius 3 is 2.48 bits per heavy atom. The summed E-state index contributed by atoms with van der Waals surface area (Å²) < 4.78 is 1.52. The number of aromatic hydroxyl groups is 1. The molecular formula is C23H18N2O2. The molecule has 0 aliphatic heterocycles. The normalized spacial score (nSPS) is 11.3. The Hall–Kier alpha value is -3.66. The summed E-state index contributed by atoms with van der Waals surface area (Å²) in [5, 5.41) is 10.4. The van der Waals surface area contributed by atoms with Crippen molar-refractivity contribution in [3.8, 4) is 11.4 Å². The average molecular weight is 354 g/mol. The van der Waals surface area contributed by atoms with Gasteiger partial charge in [0.15, 0.2) is 0 Å². The lowest BCUT2D eigenvalue weighted by molar-refractivity contribution is 0.475. The van der Waals surface area contributed by atoms with Gasteiger partial charge in [-0.25, -0.2) is 4.98 Å². The molecule has 4 rings (SSSR count). The van der Waals surface area contributed by atoms with E-state index >= 15 is 0 Å². The number of nitrogens with zero attached hydrogens (tertiary/aromatic N) is 2. The van der Waals surface area contributed by atoms with E-state index in [1.165, 1.54) is 10.1 Å². The molecule has 0 aliphatic carbocycles. The fraction of sp³-hybridized carbons (Fsp3) is 0.0435. The highest BCUT2D eigenvalue weighted by atomic mass is 16.3. The van der Waals surface area contributed by atoms with Crippen molar-refractivity contribution in [3.05, 3.63) is 100 Å². The van der Waals surface area contributed by atoms with E-state index in [-0.39, 0.29) is 11.3 Å². The van der Waals surface area contributed by atoms with Crippen LogP contribution in [0.25, 0.3) is 28.7 Å². The highest BCUT2D eigenvalue weighted by molar-refractivity contribution is 5.80. The molecule has 1 heterocycles. The number of hydrogen-bond donors (Lipinski definition) is 1. The van der Waals surface area contributed by atoms with Crippen LogP contribution < -0.4 is 5.56 Å². The molecule has 0 atom stereocenters. The van der Waals surface area contributed by atoms with E-state index in [9.17, 15) is 9.90 Å². The third-order valence-electron chi connectivity index (χ3n) is 4.39.